The van der Waals surface area contributed by atoms with E-state index in [1.165, 1.54) is 19.9 Å². The van der Waals surface area contributed by atoms with Gasteiger partial charge in [0.05, 0.1) is 5.56 Å². The molecule has 7 heteroatoms. The van der Waals surface area contributed by atoms with Crippen LogP contribution < -0.4 is 11.1 Å². The fourth-order valence-electron chi connectivity index (χ4n) is 1.98. The number of hydrogen-bond acceptors (Lipinski definition) is 4. The summed E-state index contributed by atoms with van der Waals surface area (Å²) in [6, 6.07) is 3.36. The van der Waals surface area contributed by atoms with Crippen LogP contribution in [0.15, 0.2) is 18.2 Å². The highest BCUT2D eigenvalue weighted by Gasteiger charge is 2.44. The molecule has 0 aromatic heterocycles. The molecule has 0 bridgehead atoms. The summed E-state index contributed by atoms with van der Waals surface area (Å²) in [5.74, 6) is -2.28. The van der Waals surface area contributed by atoms with E-state index >= 15 is 0 Å². The zero-order valence-electron chi connectivity index (χ0n) is 11.1. The maximum atomic E-state index is 13.0. The SMILES string of the molecule is CC1(C)C(=O)NC(=O)CN1C(=O)c1ccc(F)cc1N. The summed E-state index contributed by atoms with van der Waals surface area (Å²) in [6.07, 6.45) is 0. The molecule has 3 N–H and O–H groups in total. The third-order valence-electron chi connectivity index (χ3n) is 3.27. The quantitative estimate of drug-likeness (QED) is 0.570. The monoisotopic (exact) mass is 279 g/mol. The molecule has 0 saturated carbocycles. The van der Waals surface area contributed by atoms with Gasteiger partial charge >= 0.3 is 0 Å². The minimum absolute atomic E-state index is 0.0377. The molecule has 1 aliphatic heterocycles. The zero-order chi connectivity index (χ0) is 15.1. The molecule has 1 aliphatic rings. The summed E-state index contributed by atoms with van der Waals surface area (Å²) in [5.41, 5.74) is 4.44. The van der Waals surface area contributed by atoms with Crippen LogP contribution in [0.2, 0.25) is 0 Å². The molecule has 0 spiro atoms. The van der Waals surface area contributed by atoms with Gasteiger partial charge in [-0.25, -0.2) is 4.39 Å². The number of piperazine rings is 1. The van der Waals surface area contributed by atoms with Gasteiger partial charge in [-0.2, -0.15) is 0 Å². The van der Waals surface area contributed by atoms with Crippen molar-refractivity contribution in [2.75, 3.05) is 12.3 Å². The zero-order valence-corrected chi connectivity index (χ0v) is 11.1. The maximum absolute atomic E-state index is 13.0. The van der Waals surface area contributed by atoms with Crippen molar-refractivity contribution < 1.29 is 18.8 Å². The van der Waals surface area contributed by atoms with Gasteiger partial charge in [0.15, 0.2) is 0 Å². The number of benzene rings is 1. The second kappa shape index (κ2) is 4.59. The third kappa shape index (κ3) is 2.22. The van der Waals surface area contributed by atoms with Gasteiger partial charge < -0.3 is 10.6 Å². The van der Waals surface area contributed by atoms with Crippen LogP contribution >= 0.6 is 0 Å². The van der Waals surface area contributed by atoms with Crippen molar-refractivity contribution in [1.82, 2.24) is 10.2 Å². The van der Waals surface area contributed by atoms with E-state index in [0.29, 0.717) is 0 Å². The molecule has 1 fully saturated rings. The van der Waals surface area contributed by atoms with Gasteiger partial charge in [-0.1, -0.05) is 0 Å². The number of nitrogens with two attached hydrogens (primary N) is 1. The van der Waals surface area contributed by atoms with E-state index in [1.54, 1.807) is 0 Å². The number of amides is 3. The molecule has 1 aromatic carbocycles. The second-order valence-corrected chi connectivity index (χ2v) is 5.06. The third-order valence-corrected chi connectivity index (χ3v) is 3.27. The lowest BCUT2D eigenvalue weighted by molar-refractivity contribution is -0.143. The Morgan fingerprint density at radius 2 is 2.05 bits per heavy atom. The number of anilines is 1. The summed E-state index contributed by atoms with van der Waals surface area (Å²) in [6.45, 7) is 2.78. The van der Waals surface area contributed by atoms with Crippen LogP contribution in [0.25, 0.3) is 0 Å². The van der Waals surface area contributed by atoms with Crippen molar-refractivity contribution in [3.05, 3.63) is 29.6 Å². The van der Waals surface area contributed by atoms with E-state index in [1.807, 2.05) is 0 Å². The summed E-state index contributed by atoms with van der Waals surface area (Å²) in [5, 5.41) is 2.17. The highest BCUT2D eigenvalue weighted by molar-refractivity contribution is 6.10. The second-order valence-electron chi connectivity index (χ2n) is 5.06. The first-order valence-corrected chi connectivity index (χ1v) is 5.95. The Morgan fingerprint density at radius 3 is 2.65 bits per heavy atom. The van der Waals surface area contributed by atoms with Gasteiger partial charge in [0.25, 0.3) is 11.8 Å². The Hall–Kier alpha value is -2.44. The van der Waals surface area contributed by atoms with Gasteiger partial charge in [0.2, 0.25) is 5.91 Å². The fourth-order valence-corrected chi connectivity index (χ4v) is 1.98. The lowest BCUT2D eigenvalue weighted by atomic mass is 9.97. The van der Waals surface area contributed by atoms with Crippen molar-refractivity contribution >= 4 is 23.4 Å². The van der Waals surface area contributed by atoms with Crippen LogP contribution in [-0.2, 0) is 9.59 Å². The molecule has 1 heterocycles. The molecule has 6 nitrogen and oxygen atoms in total. The number of carbonyl (C=O) groups excluding carboxylic acids is 3. The molecule has 0 radical (unpaired) electrons. The molecular formula is C13H14FN3O3. The van der Waals surface area contributed by atoms with Gasteiger partial charge in [-0.05, 0) is 32.0 Å². The lowest BCUT2D eigenvalue weighted by Gasteiger charge is -2.40. The number of nitrogen functional groups attached to an aromatic ring is 1. The molecule has 0 atom stereocenters. The number of nitrogens with zero attached hydrogens (tertiary/aromatic N) is 1. The van der Waals surface area contributed by atoms with Gasteiger partial charge in [-0.15, -0.1) is 0 Å². The van der Waals surface area contributed by atoms with Crippen LogP contribution in [0.1, 0.15) is 24.2 Å². The lowest BCUT2D eigenvalue weighted by Crippen LogP contribution is -2.65. The highest BCUT2D eigenvalue weighted by atomic mass is 19.1. The van der Waals surface area contributed by atoms with E-state index in [2.05, 4.69) is 5.32 Å². The first kappa shape index (κ1) is 14.0. The Balaban J connectivity index is 2.40. The molecule has 2 rings (SSSR count). The molecule has 1 saturated heterocycles. The van der Waals surface area contributed by atoms with Crippen molar-refractivity contribution in [2.45, 2.75) is 19.4 Å². The normalized spacial score (nSPS) is 17.9. The molecule has 1 aromatic rings. The Bertz CT molecular complexity index is 613. The molecule has 106 valence electrons. The topological polar surface area (TPSA) is 92.5 Å². The van der Waals surface area contributed by atoms with Gasteiger partial charge in [0, 0.05) is 5.69 Å². The largest absolute Gasteiger partial charge is 0.398 e. The first-order chi connectivity index (χ1) is 9.23. The number of rotatable bonds is 1. The maximum Gasteiger partial charge on any atom is 0.257 e. The number of nitrogens with one attached hydrogen (secondary N) is 1. The number of hydrogen-bond donors (Lipinski definition) is 2. The highest BCUT2D eigenvalue weighted by Crippen LogP contribution is 2.23. The Labute approximate surface area is 114 Å². The van der Waals surface area contributed by atoms with Gasteiger partial charge in [0.1, 0.15) is 17.9 Å². The van der Waals surface area contributed by atoms with Crippen LogP contribution in [-0.4, -0.2) is 34.7 Å². The van der Waals surface area contributed by atoms with E-state index in [0.717, 1.165) is 17.0 Å². The predicted molar refractivity (Wildman–Crippen MR) is 69.1 cm³/mol. The molecule has 0 unspecified atom stereocenters. The van der Waals surface area contributed by atoms with E-state index in [4.69, 9.17) is 5.73 Å². The molecule has 20 heavy (non-hydrogen) atoms. The van der Waals surface area contributed by atoms with E-state index in [9.17, 15) is 18.8 Å². The summed E-state index contributed by atoms with van der Waals surface area (Å²) in [7, 11) is 0. The smallest absolute Gasteiger partial charge is 0.257 e. The standard InChI is InChI=1S/C13H14FN3O3/c1-13(2)12(20)16-10(18)6-17(13)11(19)8-4-3-7(14)5-9(8)15/h3-5H,6,15H2,1-2H3,(H,16,18,20). The Kier molecular flexibility index (Phi) is 3.21. The number of imide groups is 1. The average molecular weight is 279 g/mol. The van der Waals surface area contributed by atoms with Crippen LogP contribution in [0.5, 0.6) is 0 Å². The molecule has 0 aliphatic carbocycles. The molecular weight excluding hydrogens is 265 g/mol. The van der Waals surface area contributed by atoms with E-state index < -0.39 is 29.1 Å². The van der Waals surface area contributed by atoms with Gasteiger partial charge in [-0.3, -0.25) is 19.7 Å². The predicted octanol–water partition coefficient (Wildman–Crippen LogP) is 0.285. The Morgan fingerprint density at radius 1 is 1.40 bits per heavy atom. The van der Waals surface area contributed by atoms with Crippen LogP contribution in [0.4, 0.5) is 10.1 Å². The van der Waals surface area contributed by atoms with Crippen molar-refractivity contribution in [3.63, 3.8) is 0 Å². The minimum Gasteiger partial charge on any atom is -0.398 e. The summed E-state index contributed by atoms with van der Waals surface area (Å²) in [4.78, 5) is 36.8. The van der Waals surface area contributed by atoms with Crippen molar-refractivity contribution in [1.29, 1.82) is 0 Å². The van der Waals surface area contributed by atoms with Crippen LogP contribution in [0.3, 0.4) is 0 Å². The van der Waals surface area contributed by atoms with E-state index in [-0.39, 0.29) is 17.8 Å². The molecule has 3 amide bonds. The van der Waals surface area contributed by atoms with Crippen molar-refractivity contribution in [2.24, 2.45) is 0 Å². The summed E-state index contributed by atoms with van der Waals surface area (Å²) < 4.78 is 13.0. The number of halogens is 1. The average Bonchev–Trinajstić information content (AvgIpc) is 2.33. The number of carbonyl (C=O) groups is 3. The van der Waals surface area contributed by atoms with Crippen LogP contribution in [0, 0.1) is 5.82 Å². The van der Waals surface area contributed by atoms with Crippen molar-refractivity contribution in [3.8, 4) is 0 Å². The fraction of sp³-hybridized carbons (Fsp3) is 0.308. The first-order valence-electron chi connectivity index (χ1n) is 5.95. The summed E-state index contributed by atoms with van der Waals surface area (Å²) >= 11 is 0. The minimum atomic E-state index is -1.19.